The van der Waals surface area contributed by atoms with E-state index in [1.54, 1.807) is 0 Å². The lowest BCUT2D eigenvalue weighted by Gasteiger charge is -2.37. The third kappa shape index (κ3) is 6.24. The number of aromatic nitrogens is 1. The molecule has 0 bridgehead atoms. The van der Waals surface area contributed by atoms with Crippen LogP contribution in [0.25, 0.3) is 22.0 Å². The Bertz CT molecular complexity index is 1410. The molecule has 0 radical (unpaired) electrons. The lowest BCUT2D eigenvalue weighted by Crippen LogP contribution is -2.47. The van der Waals surface area contributed by atoms with Gasteiger partial charge in [-0.1, -0.05) is 48.5 Å². The highest BCUT2D eigenvalue weighted by molar-refractivity contribution is 5.96. The standard InChI is InChI=1S/C34H41N5O/c40-34(35-16-8-19-37-17-5-6-18-37)28-10-7-9-27(25-28)31-12-2-4-14-33(31)39-23-21-38(22-24-39)20-15-29-26-36-32-13-3-1-11-30(29)32/h1-4,7,9-14,25-26,36H,5-6,8,15-24H2,(H,35,40). The molecule has 2 aliphatic heterocycles. The summed E-state index contributed by atoms with van der Waals surface area (Å²) < 4.78 is 0. The molecule has 2 aliphatic rings. The van der Waals surface area contributed by atoms with Crippen molar-refractivity contribution >= 4 is 22.5 Å². The monoisotopic (exact) mass is 535 g/mol. The summed E-state index contributed by atoms with van der Waals surface area (Å²) >= 11 is 0. The summed E-state index contributed by atoms with van der Waals surface area (Å²) in [4.78, 5) is 23.9. The van der Waals surface area contributed by atoms with Gasteiger partial charge in [-0.3, -0.25) is 9.69 Å². The van der Waals surface area contributed by atoms with E-state index in [1.807, 2.05) is 18.2 Å². The molecule has 4 aromatic rings. The molecule has 0 spiro atoms. The van der Waals surface area contributed by atoms with E-state index in [9.17, 15) is 4.79 Å². The number of hydrogen-bond acceptors (Lipinski definition) is 4. The molecular formula is C34H41N5O. The fraction of sp³-hybridized carbons (Fsp3) is 0.382. The molecular weight excluding hydrogens is 494 g/mol. The molecule has 0 atom stereocenters. The average molecular weight is 536 g/mol. The number of fused-ring (bicyclic) bond motifs is 1. The van der Waals surface area contributed by atoms with Gasteiger partial charge in [0.2, 0.25) is 0 Å². The Hall–Kier alpha value is -3.61. The Balaban J connectivity index is 1.05. The predicted molar refractivity (Wildman–Crippen MR) is 165 cm³/mol. The second kappa shape index (κ2) is 12.7. The van der Waals surface area contributed by atoms with Crippen LogP contribution in [-0.2, 0) is 6.42 Å². The van der Waals surface area contributed by atoms with Crippen LogP contribution in [0, 0.1) is 0 Å². The van der Waals surface area contributed by atoms with Gasteiger partial charge in [0, 0.05) is 73.2 Å². The number of nitrogens with one attached hydrogen (secondary N) is 2. The third-order valence-electron chi connectivity index (χ3n) is 8.56. The van der Waals surface area contributed by atoms with E-state index in [4.69, 9.17) is 0 Å². The number of carbonyl (C=O) groups is 1. The van der Waals surface area contributed by atoms with Gasteiger partial charge in [0.25, 0.3) is 5.91 Å². The molecule has 3 heterocycles. The van der Waals surface area contributed by atoms with E-state index in [0.29, 0.717) is 0 Å². The second-order valence-electron chi connectivity index (χ2n) is 11.2. The first kappa shape index (κ1) is 26.6. The normalized spacial score (nSPS) is 16.6. The van der Waals surface area contributed by atoms with Gasteiger partial charge in [-0.15, -0.1) is 0 Å². The van der Waals surface area contributed by atoms with E-state index in [0.717, 1.165) is 69.8 Å². The summed E-state index contributed by atoms with van der Waals surface area (Å²) in [5.74, 6) is 0.0181. The number of hydrogen-bond donors (Lipinski definition) is 2. The summed E-state index contributed by atoms with van der Waals surface area (Å²) in [6.45, 7) is 9.39. The van der Waals surface area contributed by atoms with Gasteiger partial charge in [-0.25, -0.2) is 0 Å². The number of para-hydroxylation sites is 2. The zero-order valence-corrected chi connectivity index (χ0v) is 23.4. The summed E-state index contributed by atoms with van der Waals surface area (Å²) in [5, 5.41) is 4.47. The first-order chi connectivity index (χ1) is 19.7. The topological polar surface area (TPSA) is 54.6 Å². The number of rotatable bonds is 10. The average Bonchev–Trinajstić information content (AvgIpc) is 3.69. The smallest absolute Gasteiger partial charge is 0.251 e. The van der Waals surface area contributed by atoms with Crippen molar-refractivity contribution < 1.29 is 4.79 Å². The highest BCUT2D eigenvalue weighted by Gasteiger charge is 2.20. The van der Waals surface area contributed by atoms with Crippen molar-refractivity contribution in [3.8, 4) is 11.1 Å². The van der Waals surface area contributed by atoms with Gasteiger partial charge in [0.1, 0.15) is 0 Å². The number of anilines is 1. The van der Waals surface area contributed by atoms with Gasteiger partial charge < -0.3 is 20.1 Å². The van der Waals surface area contributed by atoms with Crippen molar-refractivity contribution in [3.05, 3.63) is 90.1 Å². The Morgan fingerprint density at radius 1 is 0.800 bits per heavy atom. The lowest BCUT2D eigenvalue weighted by atomic mass is 10.00. The van der Waals surface area contributed by atoms with Gasteiger partial charge in [0.15, 0.2) is 0 Å². The zero-order chi connectivity index (χ0) is 27.1. The van der Waals surface area contributed by atoms with E-state index in [-0.39, 0.29) is 5.91 Å². The summed E-state index contributed by atoms with van der Waals surface area (Å²) in [5.41, 5.74) is 6.90. The third-order valence-corrected chi connectivity index (χ3v) is 8.56. The Morgan fingerprint density at radius 2 is 1.57 bits per heavy atom. The molecule has 0 saturated carbocycles. The number of amides is 1. The van der Waals surface area contributed by atoms with Crippen LogP contribution in [0.15, 0.2) is 79.0 Å². The van der Waals surface area contributed by atoms with Gasteiger partial charge in [-0.05, 0) is 80.7 Å². The lowest BCUT2D eigenvalue weighted by molar-refractivity contribution is 0.0952. The highest BCUT2D eigenvalue weighted by Crippen LogP contribution is 2.32. The fourth-order valence-corrected chi connectivity index (χ4v) is 6.26. The fourth-order valence-electron chi connectivity index (χ4n) is 6.26. The Morgan fingerprint density at radius 3 is 2.45 bits per heavy atom. The number of carbonyl (C=O) groups excluding carboxylic acids is 1. The summed E-state index contributed by atoms with van der Waals surface area (Å²) in [6.07, 6.45) is 6.85. The van der Waals surface area contributed by atoms with Crippen LogP contribution in [0.2, 0.25) is 0 Å². The van der Waals surface area contributed by atoms with Crippen LogP contribution in [0.4, 0.5) is 5.69 Å². The molecule has 3 aromatic carbocycles. The molecule has 6 heteroatoms. The van der Waals surface area contributed by atoms with Crippen LogP contribution >= 0.6 is 0 Å². The summed E-state index contributed by atoms with van der Waals surface area (Å²) in [7, 11) is 0. The number of aromatic amines is 1. The summed E-state index contributed by atoms with van der Waals surface area (Å²) in [6, 6.07) is 25.3. The maximum Gasteiger partial charge on any atom is 0.251 e. The molecule has 40 heavy (non-hydrogen) atoms. The minimum atomic E-state index is 0.0181. The van der Waals surface area contributed by atoms with Gasteiger partial charge in [0.05, 0.1) is 0 Å². The predicted octanol–water partition coefficient (Wildman–Crippen LogP) is 5.42. The molecule has 6 nitrogen and oxygen atoms in total. The number of nitrogens with zero attached hydrogens (tertiary/aromatic N) is 3. The van der Waals surface area contributed by atoms with Crippen LogP contribution in [0.3, 0.4) is 0 Å². The van der Waals surface area contributed by atoms with Crippen molar-refractivity contribution in [2.24, 2.45) is 0 Å². The molecule has 0 unspecified atom stereocenters. The van der Waals surface area contributed by atoms with E-state index in [1.165, 1.54) is 53.6 Å². The van der Waals surface area contributed by atoms with Crippen LogP contribution in [-0.4, -0.2) is 79.6 Å². The molecule has 208 valence electrons. The largest absolute Gasteiger partial charge is 0.368 e. The first-order valence-electron chi connectivity index (χ1n) is 15.0. The molecule has 1 amide bonds. The van der Waals surface area contributed by atoms with Crippen molar-refractivity contribution in [2.45, 2.75) is 25.7 Å². The maximum absolute atomic E-state index is 12.9. The molecule has 1 aromatic heterocycles. The quantitative estimate of drug-likeness (QED) is 0.267. The SMILES string of the molecule is O=C(NCCCN1CCCC1)c1cccc(-c2ccccc2N2CCN(CCc3c[nH]c4ccccc34)CC2)c1. The van der Waals surface area contributed by atoms with E-state index >= 15 is 0 Å². The number of likely N-dealkylation sites (tertiary alicyclic amines) is 1. The van der Waals surface area contributed by atoms with Crippen LogP contribution in [0.5, 0.6) is 0 Å². The van der Waals surface area contributed by atoms with Crippen molar-refractivity contribution in [1.82, 2.24) is 20.1 Å². The molecule has 2 N–H and O–H groups in total. The van der Waals surface area contributed by atoms with Gasteiger partial charge >= 0.3 is 0 Å². The number of H-pyrrole nitrogens is 1. The highest BCUT2D eigenvalue weighted by atomic mass is 16.1. The Kier molecular flexibility index (Phi) is 8.45. The van der Waals surface area contributed by atoms with Gasteiger partial charge in [-0.2, -0.15) is 0 Å². The Labute approximate surface area is 238 Å². The second-order valence-corrected chi connectivity index (χ2v) is 11.2. The number of benzene rings is 3. The number of piperazine rings is 1. The molecule has 2 fully saturated rings. The van der Waals surface area contributed by atoms with Crippen molar-refractivity contribution in [1.29, 1.82) is 0 Å². The van der Waals surface area contributed by atoms with Crippen LogP contribution in [0.1, 0.15) is 35.2 Å². The minimum absolute atomic E-state index is 0.0181. The van der Waals surface area contributed by atoms with Crippen molar-refractivity contribution in [3.63, 3.8) is 0 Å². The molecule has 6 rings (SSSR count). The minimum Gasteiger partial charge on any atom is -0.368 e. The maximum atomic E-state index is 12.9. The molecule has 0 aliphatic carbocycles. The van der Waals surface area contributed by atoms with E-state index in [2.05, 4.69) is 85.8 Å². The van der Waals surface area contributed by atoms with Crippen molar-refractivity contribution in [2.75, 3.05) is 63.8 Å². The molecule has 2 saturated heterocycles. The van der Waals surface area contributed by atoms with Crippen LogP contribution < -0.4 is 10.2 Å². The van der Waals surface area contributed by atoms with E-state index < -0.39 is 0 Å². The zero-order valence-electron chi connectivity index (χ0n) is 23.4. The first-order valence-corrected chi connectivity index (χ1v) is 15.0.